The molecule has 2 aliphatic rings. The Kier molecular flexibility index (Phi) is 6.85. The van der Waals surface area contributed by atoms with Crippen LogP contribution in [0.2, 0.25) is 0 Å². The lowest BCUT2D eigenvalue weighted by Crippen LogP contribution is -2.47. The normalized spacial score (nSPS) is 22.3. The van der Waals surface area contributed by atoms with Crippen LogP contribution < -0.4 is 10.6 Å². The van der Waals surface area contributed by atoms with Crippen LogP contribution in [0.25, 0.3) is 0 Å². The molecule has 1 atom stereocenters. The SMILES string of the molecule is CN=C(NCCC1CCN(C)CC1)NC1CCc2nc(COC)nn2C1. The molecule has 0 bridgehead atoms. The second-order valence-corrected chi connectivity index (χ2v) is 7.47. The Morgan fingerprint density at radius 2 is 2.12 bits per heavy atom. The Hall–Kier alpha value is -1.67. The third kappa shape index (κ3) is 5.17. The molecule has 0 aliphatic carbocycles. The molecule has 3 heterocycles. The van der Waals surface area contributed by atoms with Gasteiger partial charge in [0.15, 0.2) is 11.8 Å². The highest BCUT2D eigenvalue weighted by Gasteiger charge is 2.22. The maximum absolute atomic E-state index is 5.13. The van der Waals surface area contributed by atoms with Crippen molar-refractivity contribution in [3.05, 3.63) is 11.6 Å². The highest BCUT2D eigenvalue weighted by molar-refractivity contribution is 5.79. The molecule has 0 saturated carbocycles. The smallest absolute Gasteiger partial charge is 0.191 e. The largest absolute Gasteiger partial charge is 0.377 e. The number of methoxy groups -OCH3 is 1. The number of aryl methyl sites for hydroxylation is 1. The summed E-state index contributed by atoms with van der Waals surface area (Å²) in [6.45, 7) is 4.73. The number of fused-ring (bicyclic) bond motifs is 1. The van der Waals surface area contributed by atoms with Gasteiger partial charge >= 0.3 is 0 Å². The predicted octanol–water partition coefficient (Wildman–Crippen LogP) is 0.636. The Morgan fingerprint density at radius 1 is 1.31 bits per heavy atom. The molecule has 1 aromatic heterocycles. The van der Waals surface area contributed by atoms with Crippen molar-refractivity contribution in [3.8, 4) is 0 Å². The standard InChI is InChI=1S/C18H33N7O/c1-19-18(20-9-6-14-7-10-24(2)11-8-14)21-15-4-5-17-22-16(13-26-3)23-25(17)12-15/h14-15H,4-13H2,1-3H3,(H2,19,20,21). The van der Waals surface area contributed by atoms with E-state index in [4.69, 9.17) is 4.74 Å². The fraction of sp³-hybridized carbons (Fsp3) is 0.833. The molecular weight excluding hydrogens is 330 g/mol. The lowest BCUT2D eigenvalue weighted by Gasteiger charge is -2.29. The molecule has 146 valence electrons. The third-order valence-electron chi connectivity index (χ3n) is 5.42. The zero-order valence-corrected chi connectivity index (χ0v) is 16.4. The molecule has 1 fully saturated rings. The van der Waals surface area contributed by atoms with E-state index in [0.29, 0.717) is 12.6 Å². The maximum Gasteiger partial charge on any atom is 0.191 e. The van der Waals surface area contributed by atoms with Gasteiger partial charge < -0.3 is 20.3 Å². The van der Waals surface area contributed by atoms with Gasteiger partial charge in [-0.3, -0.25) is 4.99 Å². The van der Waals surface area contributed by atoms with Crippen molar-refractivity contribution >= 4 is 5.96 Å². The van der Waals surface area contributed by atoms with E-state index >= 15 is 0 Å². The highest BCUT2D eigenvalue weighted by atomic mass is 16.5. The average molecular weight is 364 g/mol. The molecular formula is C18H33N7O. The van der Waals surface area contributed by atoms with Gasteiger partial charge in [0.2, 0.25) is 0 Å². The van der Waals surface area contributed by atoms with Crippen molar-refractivity contribution in [2.45, 2.75) is 51.3 Å². The first-order valence-electron chi connectivity index (χ1n) is 9.75. The molecule has 1 aromatic rings. The molecule has 8 nitrogen and oxygen atoms in total. The predicted molar refractivity (Wildman–Crippen MR) is 102 cm³/mol. The van der Waals surface area contributed by atoms with E-state index in [2.05, 4.69) is 37.7 Å². The summed E-state index contributed by atoms with van der Waals surface area (Å²) in [5, 5.41) is 11.6. The first-order valence-corrected chi connectivity index (χ1v) is 9.75. The summed E-state index contributed by atoms with van der Waals surface area (Å²) in [5.41, 5.74) is 0. The monoisotopic (exact) mass is 363 g/mol. The van der Waals surface area contributed by atoms with E-state index in [1.54, 1.807) is 7.11 Å². The zero-order chi connectivity index (χ0) is 18.4. The van der Waals surface area contributed by atoms with Crippen LogP contribution in [-0.4, -0.2) is 72.5 Å². The molecule has 2 N–H and O–H groups in total. The van der Waals surface area contributed by atoms with Crippen LogP contribution in [0.3, 0.4) is 0 Å². The average Bonchev–Trinajstić information content (AvgIpc) is 3.04. The fourth-order valence-electron chi connectivity index (χ4n) is 3.80. The number of ether oxygens (including phenoxy) is 1. The third-order valence-corrected chi connectivity index (χ3v) is 5.42. The van der Waals surface area contributed by atoms with Crippen LogP contribution in [-0.2, 0) is 24.3 Å². The van der Waals surface area contributed by atoms with Gasteiger partial charge in [-0.25, -0.2) is 9.67 Å². The fourth-order valence-corrected chi connectivity index (χ4v) is 3.80. The number of nitrogens with zero attached hydrogens (tertiary/aromatic N) is 5. The lowest BCUT2D eigenvalue weighted by atomic mass is 9.94. The van der Waals surface area contributed by atoms with Gasteiger partial charge in [-0.15, -0.1) is 0 Å². The van der Waals surface area contributed by atoms with Crippen molar-refractivity contribution in [3.63, 3.8) is 0 Å². The molecule has 0 radical (unpaired) electrons. The zero-order valence-electron chi connectivity index (χ0n) is 16.4. The first kappa shape index (κ1) is 19.1. The number of piperidine rings is 1. The second kappa shape index (κ2) is 9.32. The van der Waals surface area contributed by atoms with Crippen molar-refractivity contribution in [1.29, 1.82) is 0 Å². The Balaban J connectivity index is 1.42. The molecule has 0 amide bonds. The minimum absolute atomic E-state index is 0.328. The Bertz CT molecular complexity index is 592. The molecule has 3 rings (SSSR count). The second-order valence-electron chi connectivity index (χ2n) is 7.47. The van der Waals surface area contributed by atoms with Crippen LogP contribution in [0.5, 0.6) is 0 Å². The number of nitrogens with one attached hydrogen (secondary N) is 2. The Morgan fingerprint density at radius 3 is 2.85 bits per heavy atom. The van der Waals surface area contributed by atoms with Gasteiger partial charge in [-0.1, -0.05) is 0 Å². The van der Waals surface area contributed by atoms with Crippen LogP contribution in [0, 0.1) is 5.92 Å². The summed E-state index contributed by atoms with van der Waals surface area (Å²) in [5.74, 6) is 3.55. The van der Waals surface area contributed by atoms with Gasteiger partial charge in [0, 0.05) is 33.2 Å². The number of guanidine groups is 1. The lowest BCUT2D eigenvalue weighted by molar-refractivity contribution is 0.177. The van der Waals surface area contributed by atoms with E-state index in [1.807, 2.05) is 11.7 Å². The van der Waals surface area contributed by atoms with Gasteiger partial charge in [-0.05, 0) is 51.7 Å². The maximum atomic E-state index is 5.13. The number of aliphatic imine (C=N–C) groups is 1. The van der Waals surface area contributed by atoms with E-state index < -0.39 is 0 Å². The van der Waals surface area contributed by atoms with E-state index in [9.17, 15) is 0 Å². The quantitative estimate of drug-likeness (QED) is 0.570. The van der Waals surface area contributed by atoms with Crippen LogP contribution in [0.15, 0.2) is 4.99 Å². The number of likely N-dealkylation sites (tertiary alicyclic amines) is 1. The first-order chi connectivity index (χ1) is 12.7. The Labute approximate surface area is 156 Å². The summed E-state index contributed by atoms with van der Waals surface area (Å²) in [6, 6.07) is 0.328. The van der Waals surface area contributed by atoms with Crippen molar-refractivity contribution in [1.82, 2.24) is 30.3 Å². The molecule has 1 saturated heterocycles. The van der Waals surface area contributed by atoms with Crippen LogP contribution in [0.1, 0.15) is 37.3 Å². The van der Waals surface area contributed by atoms with Crippen molar-refractivity contribution < 1.29 is 4.74 Å². The molecule has 8 heteroatoms. The van der Waals surface area contributed by atoms with Crippen molar-refractivity contribution in [2.75, 3.05) is 40.8 Å². The molecule has 0 spiro atoms. The summed E-state index contributed by atoms with van der Waals surface area (Å²) in [6.07, 6.45) is 5.81. The summed E-state index contributed by atoms with van der Waals surface area (Å²) in [7, 11) is 5.72. The number of hydrogen-bond acceptors (Lipinski definition) is 5. The van der Waals surface area contributed by atoms with Crippen LogP contribution >= 0.6 is 0 Å². The molecule has 26 heavy (non-hydrogen) atoms. The summed E-state index contributed by atoms with van der Waals surface area (Å²) >= 11 is 0. The van der Waals surface area contributed by atoms with E-state index in [-0.39, 0.29) is 0 Å². The molecule has 0 aromatic carbocycles. The summed E-state index contributed by atoms with van der Waals surface area (Å²) < 4.78 is 7.13. The van der Waals surface area contributed by atoms with E-state index in [1.165, 1.54) is 32.4 Å². The minimum Gasteiger partial charge on any atom is -0.377 e. The highest BCUT2D eigenvalue weighted by Crippen LogP contribution is 2.18. The molecule has 2 aliphatic heterocycles. The number of aromatic nitrogens is 3. The summed E-state index contributed by atoms with van der Waals surface area (Å²) in [4.78, 5) is 11.3. The van der Waals surface area contributed by atoms with Gasteiger partial charge in [0.05, 0.1) is 6.54 Å². The molecule has 1 unspecified atom stereocenters. The van der Waals surface area contributed by atoms with Crippen LogP contribution in [0.4, 0.5) is 0 Å². The number of rotatable bonds is 6. The number of hydrogen-bond donors (Lipinski definition) is 2. The van der Waals surface area contributed by atoms with Gasteiger partial charge in [0.1, 0.15) is 12.4 Å². The van der Waals surface area contributed by atoms with Gasteiger partial charge in [0.25, 0.3) is 0 Å². The van der Waals surface area contributed by atoms with E-state index in [0.717, 1.165) is 49.5 Å². The van der Waals surface area contributed by atoms with Crippen molar-refractivity contribution in [2.24, 2.45) is 10.9 Å². The topological polar surface area (TPSA) is 79.6 Å². The minimum atomic E-state index is 0.328. The van der Waals surface area contributed by atoms with Gasteiger partial charge in [-0.2, -0.15) is 5.10 Å².